The van der Waals surface area contributed by atoms with Gasteiger partial charge in [-0.3, -0.25) is 4.79 Å². The summed E-state index contributed by atoms with van der Waals surface area (Å²) in [4.78, 5) is 13.1. The molecule has 0 aromatic heterocycles. The predicted octanol–water partition coefficient (Wildman–Crippen LogP) is 5.37. The van der Waals surface area contributed by atoms with Crippen molar-refractivity contribution in [1.82, 2.24) is 0 Å². The van der Waals surface area contributed by atoms with E-state index < -0.39 is 11.4 Å². The maximum atomic E-state index is 11.9. The van der Waals surface area contributed by atoms with E-state index in [0.29, 0.717) is 5.92 Å². The van der Waals surface area contributed by atoms with Crippen molar-refractivity contribution in [2.75, 3.05) is 12.9 Å². The zero-order valence-electron chi connectivity index (χ0n) is 15.0. The van der Waals surface area contributed by atoms with Crippen LogP contribution < -0.4 is 4.74 Å². The quantitative estimate of drug-likeness (QED) is 0.667. The third-order valence-corrected chi connectivity index (χ3v) is 6.46. The number of hydrogen-bond donors (Lipinski definition) is 1. The van der Waals surface area contributed by atoms with Gasteiger partial charge in [-0.25, -0.2) is 0 Å². The maximum absolute atomic E-state index is 11.9. The molecule has 3 nitrogen and oxygen atoms in total. The molecule has 0 radical (unpaired) electrons. The molecule has 2 aromatic carbocycles. The van der Waals surface area contributed by atoms with Crippen LogP contribution in [0.15, 0.2) is 47.4 Å². The van der Waals surface area contributed by atoms with Crippen molar-refractivity contribution >= 4 is 17.7 Å². The van der Waals surface area contributed by atoms with Crippen LogP contribution in [0.3, 0.4) is 0 Å². The molecule has 0 atom stereocenters. The van der Waals surface area contributed by atoms with E-state index in [9.17, 15) is 9.90 Å². The fourth-order valence-electron chi connectivity index (χ4n) is 3.60. The highest BCUT2D eigenvalue weighted by atomic mass is 32.2. The van der Waals surface area contributed by atoms with Crippen LogP contribution in [0.4, 0.5) is 0 Å². The summed E-state index contributed by atoms with van der Waals surface area (Å²) in [5.41, 5.74) is 2.26. The number of carboxylic acids is 1. The number of hydrogen-bond acceptors (Lipinski definition) is 3. The van der Waals surface area contributed by atoms with Gasteiger partial charge < -0.3 is 9.84 Å². The SMILES string of the molecule is CSc1ccc(-c2cc(C3(C(=O)O)CCC3)ccc2OCC2CC2)cc1. The Morgan fingerprint density at radius 3 is 2.46 bits per heavy atom. The average molecular weight is 368 g/mol. The van der Waals surface area contributed by atoms with Crippen LogP contribution in [0.25, 0.3) is 11.1 Å². The van der Waals surface area contributed by atoms with E-state index in [1.165, 1.54) is 17.7 Å². The molecule has 4 heteroatoms. The molecule has 2 aliphatic rings. The van der Waals surface area contributed by atoms with Crippen molar-refractivity contribution < 1.29 is 14.6 Å². The molecule has 1 N–H and O–H groups in total. The first-order chi connectivity index (χ1) is 12.6. The zero-order valence-corrected chi connectivity index (χ0v) is 15.8. The minimum Gasteiger partial charge on any atom is -0.493 e. The normalized spacial score (nSPS) is 18.2. The van der Waals surface area contributed by atoms with Crippen molar-refractivity contribution in [1.29, 1.82) is 0 Å². The Bertz CT molecular complexity index is 805. The molecule has 0 spiro atoms. The molecule has 2 aliphatic carbocycles. The molecule has 0 heterocycles. The summed E-state index contributed by atoms with van der Waals surface area (Å²) < 4.78 is 6.10. The zero-order chi connectivity index (χ0) is 18.1. The Balaban J connectivity index is 1.73. The van der Waals surface area contributed by atoms with Gasteiger partial charge in [0.05, 0.1) is 12.0 Å². The van der Waals surface area contributed by atoms with Crippen LogP contribution in [0.5, 0.6) is 5.75 Å². The van der Waals surface area contributed by atoms with E-state index in [4.69, 9.17) is 4.74 Å². The lowest BCUT2D eigenvalue weighted by Crippen LogP contribution is -2.42. The van der Waals surface area contributed by atoms with Gasteiger partial charge in [0.1, 0.15) is 5.75 Å². The van der Waals surface area contributed by atoms with Crippen molar-refractivity contribution in [2.45, 2.75) is 42.4 Å². The Morgan fingerprint density at radius 1 is 1.19 bits per heavy atom. The van der Waals surface area contributed by atoms with Gasteiger partial charge in [0.15, 0.2) is 0 Å². The molecule has 136 valence electrons. The molecule has 0 bridgehead atoms. The topological polar surface area (TPSA) is 46.5 Å². The number of thioether (sulfide) groups is 1. The van der Waals surface area contributed by atoms with E-state index in [-0.39, 0.29) is 0 Å². The Labute approximate surface area is 158 Å². The molecular weight excluding hydrogens is 344 g/mol. The van der Waals surface area contributed by atoms with Gasteiger partial charge in [-0.2, -0.15) is 0 Å². The Kier molecular flexibility index (Phi) is 4.70. The maximum Gasteiger partial charge on any atom is 0.314 e. The standard InChI is InChI=1S/C22H24O3S/c1-26-18-8-5-16(6-9-18)19-13-17(22(21(23)24)11-2-12-22)7-10-20(19)25-14-15-3-4-15/h5-10,13,15H,2-4,11-12,14H2,1H3,(H,23,24). The number of benzene rings is 2. The number of carboxylic acid groups (broad SMARTS) is 1. The van der Waals surface area contributed by atoms with E-state index in [1.54, 1.807) is 11.8 Å². The van der Waals surface area contributed by atoms with Crippen LogP contribution in [0.2, 0.25) is 0 Å². The second-order valence-electron chi connectivity index (χ2n) is 7.43. The van der Waals surface area contributed by atoms with Crippen LogP contribution in [-0.4, -0.2) is 23.9 Å². The van der Waals surface area contributed by atoms with Gasteiger partial charge in [-0.05, 0) is 73.2 Å². The summed E-state index contributed by atoms with van der Waals surface area (Å²) in [6.07, 6.45) is 6.97. The second-order valence-corrected chi connectivity index (χ2v) is 8.31. The molecule has 0 saturated heterocycles. The van der Waals surface area contributed by atoms with E-state index in [2.05, 4.69) is 30.5 Å². The Morgan fingerprint density at radius 2 is 1.92 bits per heavy atom. The average Bonchev–Trinajstić information content (AvgIpc) is 3.44. The van der Waals surface area contributed by atoms with Gasteiger partial charge >= 0.3 is 5.97 Å². The first kappa shape index (κ1) is 17.5. The fourth-order valence-corrected chi connectivity index (χ4v) is 4.01. The third kappa shape index (κ3) is 3.23. The van der Waals surface area contributed by atoms with Crippen LogP contribution >= 0.6 is 11.8 Å². The van der Waals surface area contributed by atoms with Gasteiger partial charge in [-0.1, -0.05) is 24.6 Å². The molecule has 2 aromatic rings. The number of carbonyl (C=O) groups is 1. The second kappa shape index (κ2) is 6.99. The van der Waals surface area contributed by atoms with Crippen LogP contribution in [0.1, 0.15) is 37.7 Å². The lowest BCUT2D eigenvalue weighted by Gasteiger charge is -2.38. The minimum absolute atomic E-state index is 0.679. The van der Waals surface area contributed by atoms with Gasteiger partial charge in [0.25, 0.3) is 0 Å². The smallest absolute Gasteiger partial charge is 0.314 e. The summed E-state index contributed by atoms with van der Waals surface area (Å²) in [6, 6.07) is 14.4. The van der Waals surface area contributed by atoms with E-state index in [0.717, 1.165) is 48.3 Å². The Hall–Kier alpha value is -1.94. The number of ether oxygens (including phenoxy) is 1. The lowest BCUT2D eigenvalue weighted by molar-refractivity contribution is -0.147. The number of aliphatic carboxylic acids is 1. The van der Waals surface area contributed by atoms with Crippen molar-refractivity contribution in [3.8, 4) is 16.9 Å². The minimum atomic E-state index is -0.719. The highest BCUT2D eigenvalue weighted by Gasteiger charge is 2.46. The van der Waals surface area contributed by atoms with Gasteiger partial charge in [-0.15, -0.1) is 11.8 Å². The summed E-state index contributed by atoms with van der Waals surface area (Å²) in [5, 5.41) is 9.79. The number of rotatable bonds is 7. The van der Waals surface area contributed by atoms with Gasteiger partial charge in [0.2, 0.25) is 0 Å². The van der Waals surface area contributed by atoms with Crippen molar-refractivity contribution in [3.05, 3.63) is 48.0 Å². The summed E-state index contributed by atoms with van der Waals surface area (Å²) in [7, 11) is 0. The van der Waals surface area contributed by atoms with Crippen molar-refractivity contribution in [3.63, 3.8) is 0 Å². The first-order valence-corrected chi connectivity index (χ1v) is 10.5. The van der Waals surface area contributed by atoms with Gasteiger partial charge in [0, 0.05) is 10.5 Å². The first-order valence-electron chi connectivity index (χ1n) is 9.27. The summed E-state index contributed by atoms with van der Waals surface area (Å²) in [6.45, 7) is 0.749. The highest BCUT2D eigenvalue weighted by Crippen LogP contribution is 2.46. The fraction of sp³-hybridized carbons (Fsp3) is 0.409. The molecule has 4 rings (SSSR count). The molecule has 0 amide bonds. The van der Waals surface area contributed by atoms with Crippen LogP contribution in [-0.2, 0) is 10.2 Å². The monoisotopic (exact) mass is 368 g/mol. The highest BCUT2D eigenvalue weighted by molar-refractivity contribution is 7.98. The molecule has 2 saturated carbocycles. The third-order valence-electron chi connectivity index (χ3n) is 5.72. The van der Waals surface area contributed by atoms with E-state index >= 15 is 0 Å². The lowest BCUT2D eigenvalue weighted by atomic mass is 9.64. The summed E-state index contributed by atoms with van der Waals surface area (Å²) >= 11 is 1.71. The molecule has 0 aliphatic heterocycles. The van der Waals surface area contributed by atoms with E-state index in [1.807, 2.05) is 18.2 Å². The largest absolute Gasteiger partial charge is 0.493 e. The van der Waals surface area contributed by atoms with Crippen LogP contribution in [0, 0.1) is 5.92 Å². The molecule has 2 fully saturated rings. The predicted molar refractivity (Wildman–Crippen MR) is 105 cm³/mol. The molecule has 0 unspecified atom stereocenters. The molecular formula is C22H24O3S. The molecule has 26 heavy (non-hydrogen) atoms. The van der Waals surface area contributed by atoms with Crippen molar-refractivity contribution in [2.24, 2.45) is 5.92 Å². The summed E-state index contributed by atoms with van der Waals surface area (Å²) in [5.74, 6) is 0.829.